The third-order valence-electron chi connectivity index (χ3n) is 1.09. The highest BCUT2D eigenvalue weighted by atomic mass is 35.6. The quantitative estimate of drug-likeness (QED) is 0.505. The predicted octanol–water partition coefficient (Wildman–Crippen LogP) is 2.47. The fourth-order valence-corrected chi connectivity index (χ4v) is 19.5. The molecule has 0 aromatic rings. The lowest BCUT2D eigenvalue weighted by Crippen LogP contribution is -2.61. The molecule has 1 heterocycles. The number of hydrogen-bond acceptors (Lipinski definition) is 3. The van der Waals surface area contributed by atoms with Gasteiger partial charge < -0.3 is 12.3 Å². The molecule has 0 aromatic heterocycles. The Kier molecular flexibility index (Phi) is 3.07. The highest BCUT2D eigenvalue weighted by Crippen LogP contribution is 2.35. The van der Waals surface area contributed by atoms with Gasteiger partial charge in [0, 0.05) is 0 Å². The van der Waals surface area contributed by atoms with Crippen LogP contribution in [0.15, 0.2) is 0 Å². The third kappa shape index (κ3) is 3.28. The molecule has 0 aromatic carbocycles. The van der Waals surface area contributed by atoms with Crippen LogP contribution in [-0.4, -0.2) is 23.6 Å². The van der Waals surface area contributed by atoms with Crippen LogP contribution in [0, 0.1) is 0 Å². The van der Waals surface area contributed by atoms with E-state index >= 15 is 0 Å². The first-order valence-electron chi connectivity index (χ1n) is 3.29. The molecule has 0 aliphatic carbocycles. The van der Waals surface area contributed by atoms with E-state index < -0.39 is 23.6 Å². The van der Waals surface area contributed by atoms with E-state index in [1.165, 1.54) is 0 Å². The lowest BCUT2D eigenvalue weighted by atomic mass is 11.9. The lowest BCUT2D eigenvalue weighted by molar-refractivity contribution is 0.270. The zero-order valence-corrected chi connectivity index (χ0v) is 12.1. The molecule has 0 spiro atoms. The van der Waals surface area contributed by atoms with E-state index in [2.05, 4.69) is 0 Å². The van der Waals surface area contributed by atoms with E-state index in [1.54, 1.807) is 19.6 Å². The van der Waals surface area contributed by atoms with Gasteiger partial charge in [-0.15, -0.1) is 33.2 Å². The molecule has 12 heavy (non-hydrogen) atoms. The molecular weight excluding hydrogens is 275 g/mol. The van der Waals surface area contributed by atoms with Gasteiger partial charge in [0.05, 0.1) is 0 Å². The summed E-state index contributed by atoms with van der Waals surface area (Å²) in [5.41, 5.74) is 0. The zero-order valence-electron chi connectivity index (χ0n) is 6.86. The molecular formula is C3H9Cl3O3Si3. The number of rotatable bonds is 0. The van der Waals surface area contributed by atoms with E-state index in [9.17, 15) is 0 Å². The molecule has 1 rings (SSSR count). The first kappa shape index (κ1) is 11.5. The van der Waals surface area contributed by atoms with Crippen molar-refractivity contribution >= 4 is 56.8 Å². The van der Waals surface area contributed by atoms with E-state index in [0.29, 0.717) is 0 Å². The molecule has 0 atom stereocenters. The van der Waals surface area contributed by atoms with Crippen LogP contribution in [0.3, 0.4) is 0 Å². The van der Waals surface area contributed by atoms with Gasteiger partial charge in [-0.1, -0.05) is 0 Å². The van der Waals surface area contributed by atoms with E-state index in [4.69, 9.17) is 45.6 Å². The number of hydrogen-bond donors (Lipinski definition) is 0. The Morgan fingerprint density at radius 2 is 0.833 bits per heavy atom. The lowest BCUT2D eigenvalue weighted by Gasteiger charge is -2.41. The van der Waals surface area contributed by atoms with Gasteiger partial charge in [0.15, 0.2) is 0 Å². The fourth-order valence-electron chi connectivity index (χ4n) is 1.04. The Hall–Kier alpha value is 1.40. The Morgan fingerprint density at radius 1 is 0.667 bits per heavy atom. The minimum atomic E-state index is -2.65. The van der Waals surface area contributed by atoms with Crippen molar-refractivity contribution in [3.05, 3.63) is 0 Å². The molecule has 1 saturated heterocycles. The summed E-state index contributed by atoms with van der Waals surface area (Å²) in [6.45, 7) is 5.08. The highest BCUT2D eigenvalue weighted by molar-refractivity contribution is 7.31. The van der Waals surface area contributed by atoms with Crippen LogP contribution in [0.25, 0.3) is 0 Å². The van der Waals surface area contributed by atoms with E-state index in [0.717, 1.165) is 0 Å². The fraction of sp³-hybridized carbons (Fsp3) is 1.00. The van der Waals surface area contributed by atoms with Crippen LogP contribution < -0.4 is 0 Å². The van der Waals surface area contributed by atoms with Gasteiger partial charge in [0.2, 0.25) is 0 Å². The maximum atomic E-state index is 5.96. The SMILES string of the molecule is C[Si]1(Cl)O[Si](C)(Cl)O[Si](C)(Cl)O1. The average molecular weight is 284 g/mol. The van der Waals surface area contributed by atoms with Gasteiger partial charge in [-0.2, -0.15) is 0 Å². The smallest absolute Gasteiger partial charge is 0.392 e. The normalized spacial score (nSPS) is 55.5. The summed E-state index contributed by atoms with van der Waals surface area (Å²) in [7, 11) is -7.96. The van der Waals surface area contributed by atoms with E-state index in [1.807, 2.05) is 0 Å². The molecule has 0 radical (unpaired) electrons. The second-order valence-electron chi connectivity index (χ2n) is 2.81. The highest BCUT2D eigenvalue weighted by Gasteiger charge is 2.56. The zero-order chi connectivity index (χ0) is 9.62. The topological polar surface area (TPSA) is 27.7 Å². The first-order chi connectivity index (χ1) is 5.12. The summed E-state index contributed by atoms with van der Waals surface area (Å²) in [5, 5.41) is 0. The van der Waals surface area contributed by atoms with Crippen LogP contribution in [0.2, 0.25) is 19.6 Å². The van der Waals surface area contributed by atoms with Crippen molar-refractivity contribution < 1.29 is 12.3 Å². The first-order valence-corrected chi connectivity index (χ1v) is 13.3. The van der Waals surface area contributed by atoms with Crippen molar-refractivity contribution in [2.75, 3.05) is 0 Å². The average Bonchev–Trinajstić information content (AvgIpc) is 1.44. The van der Waals surface area contributed by atoms with Gasteiger partial charge in [0.25, 0.3) is 0 Å². The molecule has 72 valence electrons. The van der Waals surface area contributed by atoms with Crippen LogP contribution in [0.4, 0.5) is 0 Å². The number of halogens is 3. The summed E-state index contributed by atoms with van der Waals surface area (Å²) in [6.07, 6.45) is 0. The summed E-state index contributed by atoms with van der Waals surface area (Å²) >= 11 is 17.9. The maximum Gasteiger partial charge on any atom is 0.423 e. The van der Waals surface area contributed by atoms with Crippen molar-refractivity contribution in [1.29, 1.82) is 0 Å². The van der Waals surface area contributed by atoms with Crippen molar-refractivity contribution in [3.8, 4) is 0 Å². The maximum absolute atomic E-state index is 5.96. The molecule has 0 saturated carbocycles. The van der Waals surface area contributed by atoms with Crippen LogP contribution in [0.5, 0.6) is 0 Å². The second-order valence-corrected chi connectivity index (χ2v) is 16.4. The summed E-state index contributed by atoms with van der Waals surface area (Å²) in [6, 6.07) is 0. The molecule has 0 bridgehead atoms. The van der Waals surface area contributed by atoms with Gasteiger partial charge in [-0.05, 0) is 19.6 Å². The minimum absolute atomic E-state index is 1.69. The van der Waals surface area contributed by atoms with Crippen molar-refractivity contribution in [1.82, 2.24) is 0 Å². The molecule has 3 nitrogen and oxygen atoms in total. The van der Waals surface area contributed by atoms with Gasteiger partial charge in [-0.3, -0.25) is 0 Å². The standard InChI is InChI=1S/C3H9Cl3O3Si3/c1-10(4)7-11(2,5)9-12(3,6)8-10/h1-3H3. The molecule has 0 N–H and O–H groups in total. The molecule has 1 aliphatic heterocycles. The molecule has 0 amide bonds. The summed E-state index contributed by atoms with van der Waals surface area (Å²) in [5.74, 6) is 0. The summed E-state index contributed by atoms with van der Waals surface area (Å²) < 4.78 is 15.9. The van der Waals surface area contributed by atoms with Crippen molar-refractivity contribution in [3.63, 3.8) is 0 Å². The van der Waals surface area contributed by atoms with Crippen LogP contribution >= 0.6 is 33.2 Å². The summed E-state index contributed by atoms with van der Waals surface area (Å²) in [4.78, 5) is 0. The van der Waals surface area contributed by atoms with Crippen LogP contribution in [0.1, 0.15) is 0 Å². The van der Waals surface area contributed by atoms with Gasteiger partial charge in [0.1, 0.15) is 0 Å². The largest absolute Gasteiger partial charge is 0.423 e. The molecule has 1 fully saturated rings. The van der Waals surface area contributed by atoms with Crippen molar-refractivity contribution in [2.45, 2.75) is 19.6 Å². The molecule has 1 aliphatic rings. The van der Waals surface area contributed by atoms with Crippen LogP contribution in [-0.2, 0) is 12.3 Å². The monoisotopic (exact) mass is 282 g/mol. The molecule has 0 unspecified atom stereocenters. The Bertz CT molecular complexity index is 151. The molecule has 9 heteroatoms. The third-order valence-corrected chi connectivity index (χ3v) is 14.0. The Morgan fingerprint density at radius 3 is 1.00 bits per heavy atom. The minimum Gasteiger partial charge on any atom is -0.392 e. The van der Waals surface area contributed by atoms with Gasteiger partial charge >= 0.3 is 23.6 Å². The van der Waals surface area contributed by atoms with E-state index in [-0.39, 0.29) is 0 Å². The second kappa shape index (κ2) is 3.21. The predicted molar refractivity (Wildman–Crippen MR) is 55.7 cm³/mol. The Balaban J connectivity index is 2.81. The Labute approximate surface area is 88.7 Å². The van der Waals surface area contributed by atoms with Gasteiger partial charge in [-0.25, -0.2) is 0 Å². The van der Waals surface area contributed by atoms with Crippen molar-refractivity contribution in [2.24, 2.45) is 0 Å².